The van der Waals surface area contributed by atoms with E-state index in [4.69, 9.17) is 16.3 Å². The second-order valence-electron chi connectivity index (χ2n) is 3.70. The van der Waals surface area contributed by atoms with Crippen LogP contribution in [0.1, 0.15) is 18.2 Å². The van der Waals surface area contributed by atoms with Gasteiger partial charge in [0, 0.05) is 18.0 Å². The molecule has 90 valence electrons. The first-order valence-corrected chi connectivity index (χ1v) is 6.55. The van der Waals surface area contributed by atoms with Crippen molar-refractivity contribution in [1.82, 2.24) is 5.32 Å². The summed E-state index contributed by atoms with van der Waals surface area (Å²) in [6, 6.07) is 3.97. The van der Waals surface area contributed by atoms with Gasteiger partial charge in [-0.3, -0.25) is 0 Å². The number of thiophene rings is 1. The maximum Gasteiger partial charge on any atom is 0.0931 e. The van der Waals surface area contributed by atoms with E-state index in [1.807, 2.05) is 19.1 Å². The van der Waals surface area contributed by atoms with Crippen LogP contribution in [0.2, 0.25) is 4.34 Å². The molecular weight excluding hydrogens is 242 g/mol. The van der Waals surface area contributed by atoms with E-state index in [0.29, 0.717) is 0 Å². The molecule has 0 bridgehead atoms. The molecule has 0 aliphatic carbocycles. The predicted octanol–water partition coefficient (Wildman–Crippen LogP) is 3.47. The van der Waals surface area contributed by atoms with Gasteiger partial charge in [0.05, 0.1) is 17.6 Å². The number of nitrogens with one attached hydrogen (secondary N) is 1. The van der Waals surface area contributed by atoms with Gasteiger partial charge in [-0.1, -0.05) is 17.2 Å². The van der Waals surface area contributed by atoms with E-state index in [1.165, 1.54) is 10.5 Å². The molecule has 16 heavy (non-hydrogen) atoms. The first kappa shape index (κ1) is 13.7. The molecule has 1 rings (SSSR count). The van der Waals surface area contributed by atoms with Crippen LogP contribution >= 0.6 is 22.9 Å². The molecule has 1 aromatic rings. The van der Waals surface area contributed by atoms with Gasteiger partial charge >= 0.3 is 0 Å². The Morgan fingerprint density at radius 2 is 2.31 bits per heavy atom. The Morgan fingerprint density at radius 3 is 2.94 bits per heavy atom. The van der Waals surface area contributed by atoms with Crippen LogP contribution in [0.4, 0.5) is 0 Å². The van der Waals surface area contributed by atoms with Crippen molar-refractivity contribution in [2.45, 2.75) is 19.9 Å². The molecule has 0 aliphatic heterocycles. The Kier molecular flexibility index (Phi) is 6.73. The predicted molar refractivity (Wildman–Crippen MR) is 71.3 cm³/mol. The van der Waals surface area contributed by atoms with Crippen molar-refractivity contribution in [2.24, 2.45) is 0 Å². The number of hydrogen-bond donors (Lipinski definition) is 1. The summed E-state index contributed by atoms with van der Waals surface area (Å²) in [6.07, 6.45) is 0.945. The van der Waals surface area contributed by atoms with Gasteiger partial charge in [0.25, 0.3) is 0 Å². The third kappa shape index (κ3) is 6.28. The fraction of sp³-hybridized carbons (Fsp3) is 0.500. The van der Waals surface area contributed by atoms with E-state index in [2.05, 4.69) is 11.9 Å². The van der Waals surface area contributed by atoms with Crippen molar-refractivity contribution >= 4 is 22.9 Å². The Morgan fingerprint density at radius 1 is 1.50 bits per heavy atom. The first-order chi connectivity index (χ1) is 7.68. The highest BCUT2D eigenvalue weighted by Crippen LogP contribution is 2.20. The summed E-state index contributed by atoms with van der Waals surface area (Å²) >= 11 is 7.44. The zero-order valence-electron chi connectivity index (χ0n) is 9.59. The van der Waals surface area contributed by atoms with Gasteiger partial charge in [0.15, 0.2) is 0 Å². The van der Waals surface area contributed by atoms with E-state index in [9.17, 15) is 0 Å². The summed E-state index contributed by atoms with van der Waals surface area (Å²) in [4.78, 5) is 1.26. The highest BCUT2D eigenvalue weighted by molar-refractivity contribution is 7.16. The van der Waals surface area contributed by atoms with Gasteiger partial charge in [-0.05, 0) is 25.5 Å². The summed E-state index contributed by atoms with van der Waals surface area (Å²) in [5.41, 5.74) is 1.17. The Labute approximate surface area is 106 Å². The van der Waals surface area contributed by atoms with Crippen LogP contribution in [0, 0.1) is 0 Å². The number of rotatable bonds is 8. The first-order valence-electron chi connectivity index (χ1n) is 5.35. The summed E-state index contributed by atoms with van der Waals surface area (Å²) < 4.78 is 6.28. The van der Waals surface area contributed by atoms with Gasteiger partial charge in [-0.25, -0.2) is 0 Å². The monoisotopic (exact) mass is 259 g/mol. The lowest BCUT2D eigenvalue weighted by molar-refractivity contribution is 0.139. The Hall–Kier alpha value is -0.350. The molecule has 0 saturated heterocycles. The van der Waals surface area contributed by atoms with Crippen molar-refractivity contribution in [3.05, 3.63) is 33.5 Å². The van der Waals surface area contributed by atoms with E-state index in [0.717, 1.165) is 37.1 Å². The molecule has 1 aromatic heterocycles. The van der Waals surface area contributed by atoms with Crippen molar-refractivity contribution in [2.75, 3.05) is 19.8 Å². The number of halogens is 1. The van der Waals surface area contributed by atoms with Crippen molar-refractivity contribution in [3.8, 4) is 0 Å². The second kappa shape index (κ2) is 7.85. The molecule has 4 heteroatoms. The molecule has 0 aromatic carbocycles. The van der Waals surface area contributed by atoms with E-state index in [1.54, 1.807) is 11.3 Å². The topological polar surface area (TPSA) is 21.3 Å². The third-order valence-corrected chi connectivity index (χ3v) is 3.26. The van der Waals surface area contributed by atoms with Gasteiger partial charge in [-0.15, -0.1) is 17.9 Å². The highest BCUT2D eigenvalue weighted by Gasteiger charge is 1.96. The molecular formula is C12H18ClNOS. The van der Waals surface area contributed by atoms with Gasteiger partial charge < -0.3 is 10.1 Å². The van der Waals surface area contributed by atoms with Crippen LogP contribution < -0.4 is 5.32 Å². The Bertz CT molecular complexity index is 325. The molecule has 0 saturated carbocycles. The normalized spacial score (nSPS) is 10.6. The lowest BCUT2D eigenvalue weighted by Gasteiger charge is -2.05. The second-order valence-corrected chi connectivity index (χ2v) is 5.50. The maximum atomic E-state index is 5.83. The molecule has 0 aliphatic rings. The fourth-order valence-electron chi connectivity index (χ4n) is 1.15. The maximum absolute atomic E-state index is 5.83. The number of hydrogen-bond acceptors (Lipinski definition) is 3. The van der Waals surface area contributed by atoms with Crippen LogP contribution in [0.3, 0.4) is 0 Å². The number of ether oxygens (including phenoxy) is 1. The SMILES string of the molecule is C=C(C)CCOCCNCc1ccc(Cl)s1. The average Bonchev–Trinajstić information content (AvgIpc) is 2.62. The molecule has 0 radical (unpaired) electrons. The minimum Gasteiger partial charge on any atom is -0.380 e. The van der Waals surface area contributed by atoms with E-state index >= 15 is 0 Å². The van der Waals surface area contributed by atoms with Crippen LogP contribution in [-0.4, -0.2) is 19.8 Å². The summed E-state index contributed by atoms with van der Waals surface area (Å²) in [6.45, 7) is 9.08. The van der Waals surface area contributed by atoms with Crippen LogP contribution in [0.25, 0.3) is 0 Å². The molecule has 0 amide bonds. The van der Waals surface area contributed by atoms with Gasteiger partial charge in [0.2, 0.25) is 0 Å². The highest BCUT2D eigenvalue weighted by atomic mass is 35.5. The summed E-state index contributed by atoms with van der Waals surface area (Å²) in [7, 11) is 0. The summed E-state index contributed by atoms with van der Waals surface area (Å²) in [5.74, 6) is 0. The van der Waals surface area contributed by atoms with Crippen molar-refractivity contribution < 1.29 is 4.74 Å². The summed E-state index contributed by atoms with van der Waals surface area (Å²) in [5, 5.41) is 3.31. The molecule has 2 nitrogen and oxygen atoms in total. The molecule has 0 fully saturated rings. The largest absolute Gasteiger partial charge is 0.380 e. The van der Waals surface area contributed by atoms with Crippen LogP contribution in [0.5, 0.6) is 0 Å². The standard InChI is InChI=1S/C12H18ClNOS/c1-10(2)5-7-15-8-6-14-9-11-3-4-12(13)16-11/h3-4,14H,1,5-9H2,2H3. The fourth-order valence-corrected chi connectivity index (χ4v) is 2.21. The minimum absolute atomic E-state index is 0.742. The van der Waals surface area contributed by atoms with Gasteiger partial charge in [-0.2, -0.15) is 0 Å². The molecule has 0 spiro atoms. The zero-order valence-corrected chi connectivity index (χ0v) is 11.2. The molecule has 0 atom stereocenters. The van der Waals surface area contributed by atoms with E-state index in [-0.39, 0.29) is 0 Å². The van der Waals surface area contributed by atoms with Crippen molar-refractivity contribution in [1.29, 1.82) is 0 Å². The molecule has 1 N–H and O–H groups in total. The minimum atomic E-state index is 0.742. The molecule has 0 unspecified atom stereocenters. The van der Waals surface area contributed by atoms with Gasteiger partial charge in [0.1, 0.15) is 0 Å². The van der Waals surface area contributed by atoms with E-state index < -0.39 is 0 Å². The third-order valence-electron chi connectivity index (χ3n) is 2.02. The van der Waals surface area contributed by atoms with Crippen LogP contribution in [0.15, 0.2) is 24.3 Å². The lowest BCUT2D eigenvalue weighted by atomic mass is 10.3. The smallest absolute Gasteiger partial charge is 0.0931 e. The zero-order chi connectivity index (χ0) is 11.8. The average molecular weight is 260 g/mol. The lowest BCUT2D eigenvalue weighted by Crippen LogP contribution is -2.18. The Balaban J connectivity index is 1.94. The van der Waals surface area contributed by atoms with Crippen LogP contribution in [-0.2, 0) is 11.3 Å². The molecule has 1 heterocycles. The van der Waals surface area contributed by atoms with Crippen molar-refractivity contribution in [3.63, 3.8) is 0 Å². The quantitative estimate of drug-likeness (QED) is 0.570.